The van der Waals surface area contributed by atoms with E-state index in [4.69, 9.17) is 29.5 Å². The van der Waals surface area contributed by atoms with Crippen molar-refractivity contribution in [3.05, 3.63) is 24.3 Å². The van der Waals surface area contributed by atoms with Gasteiger partial charge in [-0.05, 0) is 48.7 Å². The molecule has 2 saturated heterocycles. The number of hydrogen-bond donors (Lipinski definition) is 3. The number of hydrogen-bond acceptors (Lipinski definition) is 5. The summed E-state index contributed by atoms with van der Waals surface area (Å²) in [5.41, 5.74) is 1.39. The molecule has 10 heteroatoms. The van der Waals surface area contributed by atoms with Crippen molar-refractivity contribution in [3.63, 3.8) is 0 Å². The van der Waals surface area contributed by atoms with Crippen molar-refractivity contribution < 1.29 is 19.5 Å². The van der Waals surface area contributed by atoms with E-state index >= 15 is 0 Å². The van der Waals surface area contributed by atoms with E-state index in [2.05, 4.69) is 10.6 Å². The van der Waals surface area contributed by atoms with Crippen LogP contribution in [0.1, 0.15) is 12.8 Å². The summed E-state index contributed by atoms with van der Waals surface area (Å²) in [5, 5.41) is 14.6. The standard InChI is InChI=1S/C15H14N4O4S2/c20-11-5-6-18(14(24)16-11)8-1-3-9(4-2-8)19-10(7-12(21)22)13(23)17-15(19)25/h1-4,10H,5-7H2,(H,21,22)(H,16,20,24)(H,17,23,25). The molecule has 130 valence electrons. The Bertz CT molecular complexity index is 780. The molecule has 2 heterocycles. The van der Waals surface area contributed by atoms with Crippen LogP contribution in [-0.2, 0) is 14.4 Å². The lowest BCUT2D eigenvalue weighted by Gasteiger charge is -2.30. The van der Waals surface area contributed by atoms with E-state index in [0.29, 0.717) is 23.8 Å². The van der Waals surface area contributed by atoms with Crippen molar-refractivity contribution in [2.45, 2.75) is 18.9 Å². The molecule has 1 aromatic rings. The van der Waals surface area contributed by atoms with Gasteiger partial charge in [-0.25, -0.2) is 0 Å². The van der Waals surface area contributed by atoms with Gasteiger partial charge in [0.05, 0.1) is 6.42 Å². The van der Waals surface area contributed by atoms with E-state index in [1.807, 2.05) is 0 Å². The topological polar surface area (TPSA) is 102 Å². The van der Waals surface area contributed by atoms with Gasteiger partial charge >= 0.3 is 5.97 Å². The zero-order valence-electron chi connectivity index (χ0n) is 12.9. The number of carboxylic acid groups (broad SMARTS) is 1. The van der Waals surface area contributed by atoms with Crippen molar-refractivity contribution in [2.75, 3.05) is 16.3 Å². The molecule has 2 amide bonds. The molecule has 2 aliphatic rings. The van der Waals surface area contributed by atoms with Crippen LogP contribution in [0, 0.1) is 0 Å². The average Bonchev–Trinajstić information content (AvgIpc) is 2.81. The third-order valence-electron chi connectivity index (χ3n) is 3.92. The van der Waals surface area contributed by atoms with Crippen molar-refractivity contribution in [1.82, 2.24) is 10.6 Å². The number of nitrogens with zero attached hydrogens (tertiary/aromatic N) is 2. The highest BCUT2D eigenvalue weighted by Gasteiger charge is 2.38. The van der Waals surface area contributed by atoms with Crippen LogP contribution < -0.4 is 20.4 Å². The highest BCUT2D eigenvalue weighted by atomic mass is 32.1. The van der Waals surface area contributed by atoms with Gasteiger partial charge in [-0.1, -0.05) is 0 Å². The molecule has 0 radical (unpaired) electrons. The number of nitrogens with one attached hydrogen (secondary N) is 2. The van der Waals surface area contributed by atoms with Gasteiger partial charge in [0.2, 0.25) is 11.8 Å². The first-order chi connectivity index (χ1) is 11.9. The smallest absolute Gasteiger partial charge is 0.306 e. The van der Waals surface area contributed by atoms with E-state index in [0.717, 1.165) is 5.69 Å². The van der Waals surface area contributed by atoms with Crippen LogP contribution in [0.25, 0.3) is 0 Å². The lowest BCUT2D eigenvalue weighted by Crippen LogP contribution is -2.49. The van der Waals surface area contributed by atoms with Gasteiger partial charge in [0.25, 0.3) is 0 Å². The number of carbonyl (C=O) groups is 3. The van der Waals surface area contributed by atoms with Crippen LogP contribution in [0.2, 0.25) is 0 Å². The van der Waals surface area contributed by atoms with Crippen LogP contribution in [0.3, 0.4) is 0 Å². The maximum atomic E-state index is 11.9. The van der Waals surface area contributed by atoms with Gasteiger partial charge in [-0.3, -0.25) is 14.4 Å². The molecule has 2 aliphatic heterocycles. The Morgan fingerprint density at radius 3 is 2.36 bits per heavy atom. The Labute approximate surface area is 153 Å². The number of carbonyl (C=O) groups excluding carboxylic acids is 2. The van der Waals surface area contributed by atoms with Crippen LogP contribution in [0.15, 0.2) is 24.3 Å². The first-order valence-electron chi connectivity index (χ1n) is 7.44. The summed E-state index contributed by atoms with van der Waals surface area (Å²) in [6.07, 6.45) is -0.00677. The molecule has 1 atom stereocenters. The van der Waals surface area contributed by atoms with Gasteiger partial charge in [0.1, 0.15) is 6.04 Å². The molecule has 1 aromatic carbocycles. The molecule has 8 nitrogen and oxygen atoms in total. The number of amides is 2. The molecule has 0 spiro atoms. The summed E-state index contributed by atoms with van der Waals surface area (Å²) in [4.78, 5) is 37.5. The van der Waals surface area contributed by atoms with E-state index in [1.165, 1.54) is 4.90 Å². The zero-order chi connectivity index (χ0) is 18.1. The highest BCUT2D eigenvalue weighted by Crippen LogP contribution is 2.26. The number of rotatable bonds is 4. The maximum Gasteiger partial charge on any atom is 0.306 e. The van der Waals surface area contributed by atoms with Crippen LogP contribution in [-0.4, -0.2) is 45.7 Å². The Hall–Kier alpha value is -2.59. The lowest BCUT2D eigenvalue weighted by molar-refractivity contribution is -0.139. The van der Waals surface area contributed by atoms with E-state index in [9.17, 15) is 14.4 Å². The number of thiocarbonyl (C=S) groups is 2. The SMILES string of the molecule is O=C(O)CC1C(=O)NC(=S)N1c1ccc(N2CCC(=O)NC2=S)cc1. The quantitative estimate of drug-likeness (QED) is 0.646. The predicted octanol–water partition coefficient (Wildman–Crippen LogP) is 0.362. The predicted molar refractivity (Wildman–Crippen MR) is 98.4 cm³/mol. The third kappa shape index (κ3) is 3.44. The van der Waals surface area contributed by atoms with E-state index in [1.54, 1.807) is 29.2 Å². The molecule has 1 unspecified atom stereocenters. The molecule has 25 heavy (non-hydrogen) atoms. The van der Waals surface area contributed by atoms with Crippen molar-refractivity contribution in [1.29, 1.82) is 0 Å². The fraction of sp³-hybridized carbons (Fsp3) is 0.267. The Morgan fingerprint density at radius 1 is 1.12 bits per heavy atom. The number of carboxylic acids is 1. The molecule has 0 saturated carbocycles. The number of anilines is 2. The molecule has 0 bridgehead atoms. The van der Waals surface area contributed by atoms with Crippen molar-refractivity contribution in [2.24, 2.45) is 0 Å². The van der Waals surface area contributed by atoms with Crippen LogP contribution in [0.4, 0.5) is 11.4 Å². The first kappa shape index (κ1) is 17.2. The summed E-state index contributed by atoms with van der Waals surface area (Å²) in [5.74, 6) is -1.63. The fourth-order valence-corrected chi connectivity index (χ4v) is 3.40. The second kappa shape index (κ2) is 6.73. The largest absolute Gasteiger partial charge is 0.481 e. The fourth-order valence-electron chi connectivity index (χ4n) is 2.76. The second-order valence-electron chi connectivity index (χ2n) is 5.55. The Balaban J connectivity index is 1.82. The van der Waals surface area contributed by atoms with E-state index in [-0.39, 0.29) is 17.4 Å². The first-order valence-corrected chi connectivity index (χ1v) is 8.25. The highest BCUT2D eigenvalue weighted by molar-refractivity contribution is 7.80. The summed E-state index contributed by atoms with van der Waals surface area (Å²) < 4.78 is 0. The Morgan fingerprint density at radius 2 is 1.76 bits per heavy atom. The van der Waals surface area contributed by atoms with Crippen molar-refractivity contribution in [3.8, 4) is 0 Å². The average molecular weight is 378 g/mol. The normalized spacial score (nSPS) is 20.6. The second-order valence-corrected chi connectivity index (χ2v) is 6.32. The summed E-state index contributed by atoms with van der Waals surface area (Å²) in [6, 6.07) is 6.14. The monoisotopic (exact) mass is 378 g/mol. The van der Waals surface area contributed by atoms with Crippen molar-refractivity contribution >= 4 is 63.8 Å². The van der Waals surface area contributed by atoms with E-state index < -0.39 is 17.9 Å². The molecule has 3 N–H and O–H groups in total. The van der Waals surface area contributed by atoms with Gasteiger partial charge in [-0.2, -0.15) is 0 Å². The summed E-state index contributed by atoms with van der Waals surface area (Å²) >= 11 is 10.3. The summed E-state index contributed by atoms with van der Waals surface area (Å²) in [6.45, 7) is 0.480. The number of benzene rings is 1. The minimum absolute atomic E-state index is 0.110. The van der Waals surface area contributed by atoms with Crippen LogP contribution in [0.5, 0.6) is 0 Å². The lowest BCUT2D eigenvalue weighted by atomic mass is 10.1. The Kier molecular flexibility index (Phi) is 4.64. The zero-order valence-corrected chi connectivity index (χ0v) is 14.5. The van der Waals surface area contributed by atoms with Gasteiger partial charge < -0.3 is 25.5 Å². The molecule has 2 fully saturated rings. The summed E-state index contributed by atoms with van der Waals surface area (Å²) in [7, 11) is 0. The maximum absolute atomic E-state index is 11.9. The third-order valence-corrected chi connectivity index (χ3v) is 4.55. The minimum atomic E-state index is -1.08. The minimum Gasteiger partial charge on any atom is -0.481 e. The molecular weight excluding hydrogens is 364 g/mol. The van der Waals surface area contributed by atoms with Gasteiger partial charge in [0.15, 0.2) is 10.2 Å². The molecular formula is C15H14N4O4S2. The molecule has 3 rings (SSSR count). The van der Waals surface area contributed by atoms with Crippen LogP contribution >= 0.6 is 24.4 Å². The van der Waals surface area contributed by atoms with Gasteiger partial charge in [-0.15, -0.1) is 0 Å². The number of aliphatic carboxylic acids is 1. The molecule has 0 aromatic heterocycles. The molecule has 0 aliphatic carbocycles. The van der Waals surface area contributed by atoms with Gasteiger partial charge in [0, 0.05) is 24.3 Å².